The number of amides is 1. The zero-order valence-corrected chi connectivity index (χ0v) is 14.3. The van der Waals surface area contributed by atoms with Gasteiger partial charge in [-0.15, -0.1) is 0 Å². The third kappa shape index (κ3) is 4.62. The number of benzene rings is 2. The van der Waals surface area contributed by atoms with Crippen LogP contribution in [0.15, 0.2) is 53.4 Å². The van der Waals surface area contributed by atoms with Crippen molar-refractivity contribution in [1.82, 2.24) is 9.62 Å². The summed E-state index contributed by atoms with van der Waals surface area (Å²) in [4.78, 5) is 12.1. The molecule has 7 heteroatoms. The number of hydrogen-bond donors (Lipinski definition) is 1. The van der Waals surface area contributed by atoms with Gasteiger partial charge in [0.1, 0.15) is 5.82 Å². The molecule has 5 nitrogen and oxygen atoms in total. The van der Waals surface area contributed by atoms with Gasteiger partial charge in [-0.1, -0.05) is 24.3 Å². The Morgan fingerprint density at radius 1 is 1.00 bits per heavy atom. The molecule has 0 aliphatic heterocycles. The lowest BCUT2D eigenvalue weighted by Crippen LogP contribution is -2.24. The van der Waals surface area contributed by atoms with Crippen molar-refractivity contribution in [2.24, 2.45) is 0 Å². The minimum atomic E-state index is -3.47. The first-order valence-corrected chi connectivity index (χ1v) is 8.75. The number of carbonyl (C=O) groups excluding carboxylic acids is 1. The van der Waals surface area contributed by atoms with Crippen LogP contribution in [0.25, 0.3) is 0 Å². The first-order valence-electron chi connectivity index (χ1n) is 7.31. The van der Waals surface area contributed by atoms with E-state index in [0.717, 1.165) is 9.87 Å². The van der Waals surface area contributed by atoms with Crippen molar-refractivity contribution in [3.8, 4) is 0 Å². The Kier molecular flexibility index (Phi) is 5.69. The van der Waals surface area contributed by atoms with Crippen LogP contribution in [0.5, 0.6) is 0 Å². The molecule has 2 rings (SSSR count). The lowest BCUT2D eigenvalue weighted by atomic mass is 10.1. The van der Waals surface area contributed by atoms with Gasteiger partial charge >= 0.3 is 0 Å². The molecule has 0 unspecified atom stereocenters. The van der Waals surface area contributed by atoms with Crippen molar-refractivity contribution in [1.29, 1.82) is 0 Å². The third-order valence-electron chi connectivity index (χ3n) is 3.47. The number of hydrogen-bond acceptors (Lipinski definition) is 3. The molecule has 0 radical (unpaired) electrons. The van der Waals surface area contributed by atoms with E-state index in [1.165, 1.54) is 38.4 Å². The maximum atomic E-state index is 12.8. The van der Waals surface area contributed by atoms with Crippen LogP contribution in [0, 0.1) is 5.82 Å². The van der Waals surface area contributed by atoms with E-state index in [1.54, 1.807) is 24.3 Å². The van der Waals surface area contributed by atoms with Crippen molar-refractivity contribution >= 4 is 15.9 Å². The Bertz CT molecular complexity index is 801. The number of nitrogens with one attached hydrogen (secondary N) is 1. The van der Waals surface area contributed by atoms with Gasteiger partial charge in [-0.25, -0.2) is 17.1 Å². The minimum Gasteiger partial charge on any atom is -0.352 e. The van der Waals surface area contributed by atoms with Gasteiger partial charge in [0.05, 0.1) is 11.3 Å². The monoisotopic (exact) mass is 350 g/mol. The predicted molar refractivity (Wildman–Crippen MR) is 89.3 cm³/mol. The second kappa shape index (κ2) is 7.55. The average Bonchev–Trinajstić information content (AvgIpc) is 2.54. The molecule has 0 bridgehead atoms. The predicted octanol–water partition coefficient (Wildman–Crippen LogP) is 1.93. The first-order chi connectivity index (χ1) is 11.3. The van der Waals surface area contributed by atoms with E-state index in [9.17, 15) is 17.6 Å². The maximum Gasteiger partial charge on any atom is 0.242 e. The molecule has 0 spiro atoms. The van der Waals surface area contributed by atoms with Crippen LogP contribution in [-0.2, 0) is 27.8 Å². The van der Waals surface area contributed by atoms with Crippen molar-refractivity contribution in [2.45, 2.75) is 17.9 Å². The summed E-state index contributed by atoms with van der Waals surface area (Å²) >= 11 is 0. The van der Waals surface area contributed by atoms with Gasteiger partial charge < -0.3 is 5.32 Å². The van der Waals surface area contributed by atoms with Crippen molar-refractivity contribution in [3.63, 3.8) is 0 Å². The zero-order chi connectivity index (χ0) is 17.7. The van der Waals surface area contributed by atoms with E-state index >= 15 is 0 Å². The Labute approximate surface area is 141 Å². The van der Waals surface area contributed by atoms with Gasteiger partial charge in [-0.3, -0.25) is 4.79 Å². The number of rotatable bonds is 6. The quantitative estimate of drug-likeness (QED) is 0.866. The summed E-state index contributed by atoms with van der Waals surface area (Å²) in [6, 6.07) is 12.1. The van der Waals surface area contributed by atoms with Gasteiger partial charge in [0.15, 0.2) is 0 Å². The van der Waals surface area contributed by atoms with E-state index < -0.39 is 10.0 Å². The molecule has 2 aromatic carbocycles. The number of carbonyl (C=O) groups is 1. The molecule has 0 atom stereocenters. The number of nitrogens with zero attached hydrogens (tertiary/aromatic N) is 1. The number of sulfonamides is 1. The highest BCUT2D eigenvalue weighted by atomic mass is 32.2. The Morgan fingerprint density at radius 2 is 1.54 bits per heavy atom. The average molecular weight is 350 g/mol. The summed E-state index contributed by atoms with van der Waals surface area (Å²) in [5, 5.41) is 2.74. The van der Waals surface area contributed by atoms with Crippen LogP contribution in [0.3, 0.4) is 0 Å². The topological polar surface area (TPSA) is 66.5 Å². The third-order valence-corrected chi connectivity index (χ3v) is 5.30. The van der Waals surface area contributed by atoms with Crippen molar-refractivity contribution in [2.75, 3.05) is 14.1 Å². The fourth-order valence-corrected chi connectivity index (χ4v) is 2.94. The molecule has 0 aromatic heterocycles. The molecule has 0 aliphatic carbocycles. The standard InChI is InChI=1S/C17H19FN2O3S/c1-20(2)24(22,23)16-9-5-13(6-10-16)11-17(21)19-12-14-3-7-15(18)8-4-14/h3-10H,11-12H2,1-2H3,(H,19,21). The van der Waals surface area contributed by atoms with Crippen LogP contribution in [0.1, 0.15) is 11.1 Å². The lowest BCUT2D eigenvalue weighted by molar-refractivity contribution is -0.120. The summed E-state index contributed by atoms with van der Waals surface area (Å²) < 4.78 is 37.9. The molecule has 2 aromatic rings. The van der Waals surface area contributed by atoms with E-state index in [-0.39, 0.29) is 23.0 Å². The minimum absolute atomic E-state index is 0.142. The Morgan fingerprint density at radius 3 is 2.08 bits per heavy atom. The molecule has 0 heterocycles. The molecule has 0 saturated heterocycles. The van der Waals surface area contributed by atoms with E-state index in [1.807, 2.05) is 0 Å². The SMILES string of the molecule is CN(C)S(=O)(=O)c1ccc(CC(=O)NCc2ccc(F)cc2)cc1. The molecular formula is C17H19FN2O3S. The fourth-order valence-electron chi connectivity index (χ4n) is 2.04. The van der Waals surface area contributed by atoms with Gasteiger partial charge in [-0.2, -0.15) is 0 Å². The molecule has 24 heavy (non-hydrogen) atoms. The smallest absolute Gasteiger partial charge is 0.242 e. The van der Waals surface area contributed by atoms with Crippen LogP contribution in [0.4, 0.5) is 4.39 Å². The molecule has 1 amide bonds. The van der Waals surface area contributed by atoms with Gasteiger partial charge in [0.2, 0.25) is 15.9 Å². The summed E-state index contributed by atoms with van der Waals surface area (Å²) in [7, 11) is -0.541. The van der Waals surface area contributed by atoms with E-state index in [2.05, 4.69) is 5.32 Å². The molecular weight excluding hydrogens is 331 g/mol. The molecule has 128 valence electrons. The number of halogens is 1. The molecule has 0 fully saturated rings. The highest BCUT2D eigenvalue weighted by molar-refractivity contribution is 7.89. The summed E-state index contributed by atoms with van der Waals surface area (Å²) in [6.07, 6.45) is 0.142. The van der Waals surface area contributed by atoms with Gasteiger partial charge in [0.25, 0.3) is 0 Å². The second-order valence-electron chi connectivity index (χ2n) is 5.51. The lowest BCUT2D eigenvalue weighted by Gasteiger charge is -2.11. The Balaban J connectivity index is 1.93. The summed E-state index contributed by atoms with van der Waals surface area (Å²) in [5.41, 5.74) is 1.52. The normalized spacial score (nSPS) is 11.5. The van der Waals surface area contributed by atoms with Crippen LogP contribution in [0.2, 0.25) is 0 Å². The summed E-state index contributed by atoms with van der Waals surface area (Å²) in [5.74, 6) is -0.514. The van der Waals surface area contributed by atoms with Crippen LogP contribution >= 0.6 is 0 Å². The Hall–Kier alpha value is -2.25. The molecule has 0 saturated carbocycles. The van der Waals surface area contributed by atoms with Gasteiger partial charge in [0, 0.05) is 20.6 Å². The fraction of sp³-hybridized carbons (Fsp3) is 0.235. The largest absolute Gasteiger partial charge is 0.352 e. The van der Waals surface area contributed by atoms with Crippen LogP contribution in [-0.4, -0.2) is 32.7 Å². The van der Waals surface area contributed by atoms with E-state index in [4.69, 9.17) is 0 Å². The highest BCUT2D eigenvalue weighted by Gasteiger charge is 2.16. The maximum absolute atomic E-state index is 12.8. The second-order valence-corrected chi connectivity index (χ2v) is 7.66. The molecule has 1 N–H and O–H groups in total. The zero-order valence-electron chi connectivity index (χ0n) is 13.5. The molecule has 0 aliphatic rings. The van der Waals surface area contributed by atoms with Gasteiger partial charge in [-0.05, 0) is 35.4 Å². The van der Waals surface area contributed by atoms with Crippen molar-refractivity contribution in [3.05, 3.63) is 65.5 Å². The van der Waals surface area contributed by atoms with Crippen LogP contribution < -0.4 is 5.32 Å². The van der Waals surface area contributed by atoms with E-state index in [0.29, 0.717) is 12.1 Å². The summed E-state index contributed by atoms with van der Waals surface area (Å²) in [6.45, 7) is 0.312. The first kappa shape index (κ1) is 18.1. The van der Waals surface area contributed by atoms with Crippen molar-refractivity contribution < 1.29 is 17.6 Å². The highest BCUT2D eigenvalue weighted by Crippen LogP contribution is 2.14.